The minimum atomic E-state index is 0.0732. The molecule has 132 valence electrons. The van der Waals surface area contributed by atoms with E-state index in [1.807, 2.05) is 19.9 Å². The minimum absolute atomic E-state index is 0.0732. The highest BCUT2D eigenvalue weighted by Gasteiger charge is 2.31. The van der Waals surface area contributed by atoms with Crippen LogP contribution in [0.15, 0.2) is 37.1 Å². The number of aryl methyl sites for hydroxylation is 2. The van der Waals surface area contributed by atoms with Gasteiger partial charge in [0.2, 0.25) is 5.95 Å². The number of rotatable bonds is 4. The molecule has 4 rings (SSSR count). The van der Waals surface area contributed by atoms with Crippen LogP contribution >= 0.6 is 0 Å². The third-order valence-corrected chi connectivity index (χ3v) is 4.33. The number of nitrogens with zero attached hydrogens (tertiary/aromatic N) is 7. The van der Waals surface area contributed by atoms with E-state index in [4.69, 9.17) is 0 Å². The van der Waals surface area contributed by atoms with E-state index in [-0.39, 0.29) is 6.04 Å². The first-order chi connectivity index (χ1) is 12.7. The SMILES string of the molecule is Cc1cc(C)nc(N2CCC[C@H]2c2nccnc2Nc2cnccn2)n1. The number of hydrogen-bond donors (Lipinski definition) is 1. The van der Waals surface area contributed by atoms with Crippen molar-refractivity contribution in [2.45, 2.75) is 32.7 Å². The first-order valence-electron chi connectivity index (χ1n) is 8.63. The molecule has 8 nitrogen and oxygen atoms in total. The van der Waals surface area contributed by atoms with Crippen LogP contribution in [0.4, 0.5) is 17.6 Å². The van der Waals surface area contributed by atoms with E-state index in [2.05, 4.69) is 40.1 Å². The van der Waals surface area contributed by atoms with Crippen molar-refractivity contribution >= 4 is 17.6 Å². The molecule has 1 saturated heterocycles. The van der Waals surface area contributed by atoms with Gasteiger partial charge < -0.3 is 10.2 Å². The van der Waals surface area contributed by atoms with Gasteiger partial charge in [0.25, 0.3) is 0 Å². The summed E-state index contributed by atoms with van der Waals surface area (Å²) in [5, 5.41) is 3.23. The molecule has 3 aromatic rings. The average Bonchev–Trinajstić information content (AvgIpc) is 3.12. The van der Waals surface area contributed by atoms with Crippen molar-refractivity contribution < 1.29 is 0 Å². The van der Waals surface area contributed by atoms with Gasteiger partial charge >= 0.3 is 0 Å². The normalized spacial score (nSPS) is 16.7. The summed E-state index contributed by atoms with van der Waals surface area (Å²) in [5.74, 6) is 2.08. The van der Waals surface area contributed by atoms with Crippen molar-refractivity contribution in [1.29, 1.82) is 0 Å². The zero-order valence-corrected chi connectivity index (χ0v) is 14.8. The summed E-state index contributed by atoms with van der Waals surface area (Å²) in [6, 6.07) is 2.06. The molecule has 0 saturated carbocycles. The number of aromatic nitrogens is 6. The van der Waals surface area contributed by atoms with Gasteiger partial charge in [-0.25, -0.2) is 19.9 Å². The van der Waals surface area contributed by atoms with Crippen molar-refractivity contribution in [3.8, 4) is 0 Å². The highest BCUT2D eigenvalue weighted by molar-refractivity contribution is 5.55. The Hall–Kier alpha value is -3.16. The van der Waals surface area contributed by atoms with Crippen molar-refractivity contribution in [2.75, 3.05) is 16.8 Å². The maximum atomic E-state index is 4.63. The Morgan fingerprint density at radius 1 is 1.00 bits per heavy atom. The van der Waals surface area contributed by atoms with Gasteiger partial charge in [0, 0.05) is 42.7 Å². The second-order valence-corrected chi connectivity index (χ2v) is 6.31. The third-order valence-electron chi connectivity index (χ3n) is 4.33. The predicted octanol–water partition coefficient (Wildman–Crippen LogP) is 2.76. The van der Waals surface area contributed by atoms with Gasteiger partial charge in [0.15, 0.2) is 5.82 Å². The molecule has 4 heterocycles. The lowest BCUT2D eigenvalue weighted by Crippen LogP contribution is -2.26. The van der Waals surface area contributed by atoms with Gasteiger partial charge in [-0.05, 0) is 32.8 Å². The van der Waals surface area contributed by atoms with Gasteiger partial charge in [-0.15, -0.1) is 0 Å². The fourth-order valence-electron chi connectivity index (χ4n) is 3.30. The Morgan fingerprint density at radius 2 is 1.77 bits per heavy atom. The zero-order chi connectivity index (χ0) is 17.9. The Labute approximate surface area is 151 Å². The van der Waals surface area contributed by atoms with Crippen molar-refractivity contribution in [3.63, 3.8) is 0 Å². The van der Waals surface area contributed by atoms with Crippen LogP contribution in [0, 0.1) is 13.8 Å². The molecule has 0 bridgehead atoms. The van der Waals surface area contributed by atoms with Crippen LogP contribution < -0.4 is 10.2 Å². The Kier molecular flexibility index (Phi) is 4.39. The fourth-order valence-corrected chi connectivity index (χ4v) is 3.30. The molecule has 26 heavy (non-hydrogen) atoms. The Morgan fingerprint density at radius 3 is 2.54 bits per heavy atom. The molecule has 1 fully saturated rings. The van der Waals surface area contributed by atoms with Crippen LogP contribution in [0.25, 0.3) is 0 Å². The summed E-state index contributed by atoms with van der Waals surface area (Å²) in [6.07, 6.45) is 10.4. The molecule has 0 radical (unpaired) electrons. The van der Waals surface area contributed by atoms with Crippen molar-refractivity contribution in [3.05, 3.63) is 54.1 Å². The molecule has 3 aromatic heterocycles. The van der Waals surface area contributed by atoms with Gasteiger partial charge in [-0.1, -0.05) is 0 Å². The van der Waals surface area contributed by atoms with E-state index in [9.17, 15) is 0 Å². The molecule has 0 aliphatic carbocycles. The van der Waals surface area contributed by atoms with Crippen LogP contribution in [0.2, 0.25) is 0 Å². The summed E-state index contributed by atoms with van der Waals surface area (Å²) in [6.45, 7) is 4.88. The summed E-state index contributed by atoms with van der Waals surface area (Å²) in [4.78, 5) is 28.9. The van der Waals surface area contributed by atoms with Crippen LogP contribution in [0.3, 0.4) is 0 Å². The largest absolute Gasteiger partial charge is 0.332 e. The summed E-state index contributed by atoms with van der Waals surface area (Å²) in [7, 11) is 0. The van der Waals surface area contributed by atoms with Crippen molar-refractivity contribution in [2.24, 2.45) is 0 Å². The standard InChI is InChI=1S/C18H20N8/c1-12-10-13(2)24-18(23-12)26-9-3-4-14(26)16-17(22-8-7-21-16)25-15-11-19-5-6-20-15/h5-8,10-11,14H,3-4,9H2,1-2H3,(H,20,22,25)/t14-/m0/s1. The zero-order valence-electron chi connectivity index (χ0n) is 14.8. The Bertz CT molecular complexity index is 878. The van der Waals surface area contributed by atoms with Gasteiger partial charge in [-0.3, -0.25) is 9.97 Å². The smallest absolute Gasteiger partial charge is 0.226 e. The molecule has 1 atom stereocenters. The number of anilines is 3. The quantitative estimate of drug-likeness (QED) is 0.769. The maximum absolute atomic E-state index is 4.63. The Balaban J connectivity index is 1.68. The summed E-state index contributed by atoms with van der Waals surface area (Å²) < 4.78 is 0. The van der Waals surface area contributed by atoms with E-state index in [1.165, 1.54) is 0 Å². The number of nitrogens with one attached hydrogen (secondary N) is 1. The monoisotopic (exact) mass is 348 g/mol. The lowest BCUT2D eigenvalue weighted by atomic mass is 10.1. The second kappa shape index (κ2) is 6.99. The molecule has 0 aromatic carbocycles. The first-order valence-corrected chi connectivity index (χ1v) is 8.63. The van der Waals surface area contributed by atoms with Gasteiger partial charge in [0.1, 0.15) is 11.5 Å². The van der Waals surface area contributed by atoms with Crippen LogP contribution in [0.5, 0.6) is 0 Å². The van der Waals surface area contributed by atoms with E-state index in [0.29, 0.717) is 11.6 Å². The highest BCUT2D eigenvalue weighted by atomic mass is 15.3. The van der Waals surface area contributed by atoms with Crippen molar-refractivity contribution in [1.82, 2.24) is 29.9 Å². The molecular weight excluding hydrogens is 328 g/mol. The van der Waals surface area contributed by atoms with Gasteiger partial charge in [-0.2, -0.15) is 0 Å². The van der Waals surface area contributed by atoms with Crippen LogP contribution in [-0.4, -0.2) is 36.4 Å². The average molecular weight is 348 g/mol. The molecule has 1 N–H and O–H groups in total. The van der Waals surface area contributed by atoms with Crippen LogP contribution in [0.1, 0.15) is 36.0 Å². The highest BCUT2D eigenvalue weighted by Crippen LogP contribution is 2.36. The molecule has 0 spiro atoms. The minimum Gasteiger partial charge on any atom is -0.332 e. The maximum Gasteiger partial charge on any atom is 0.226 e. The number of hydrogen-bond acceptors (Lipinski definition) is 8. The third kappa shape index (κ3) is 3.30. The fraction of sp³-hybridized carbons (Fsp3) is 0.333. The van der Waals surface area contributed by atoms with Gasteiger partial charge in [0.05, 0.1) is 12.2 Å². The van der Waals surface area contributed by atoms with Crippen LogP contribution in [-0.2, 0) is 0 Å². The first kappa shape index (κ1) is 16.3. The molecule has 1 aliphatic rings. The summed E-state index contributed by atoms with van der Waals surface area (Å²) in [5.41, 5.74) is 2.81. The lowest BCUT2D eigenvalue weighted by Gasteiger charge is -2.25. The lowest BCUT2D eigenvalue weighted by molar-refractivity contribution is 0.675. The predicted molar refractivity (Wildman–Crippen MR) is 98.2 cm³/mol. The molecular formula is C18H20N8. The van der Waals surface area contributed by atoms with E-state index in [0.717, 1.165) is 42.4 Å². The van der Waals surface area contributed by atoms with E-state index in [1.54, 1.807) is 31.0 Å². The molecule has 1 aliphatic heterocycles. The second-order valence-electron chi connectivity index (χ2n) is 6.31. The van der Waals surface area contributed by atoms with E-state index >= 15 is 0 Å². The molecule has 0 amide bonds. The topological polar surface area (TPSA) is 92.6 Å². The molecule has 8 heteroatoms. The molecule has 0 unspecified atom stereocenters. The summed E-state index contributed by atoms with van der Waals surface area (Å²) >= 11 is 0. The van der Waals surface area contributed by atoms with E-state index < -0.39 is 0 Å².